The van der Waals surface area contributed by atoms with E-state index in [1.165, 1.54) is 0 Å². The number of phenolic OH excluding ortho intramolecular Hbond substituents is 1. The van der Waals surface area contributed by atoms with E-state index in [1.54, 1.807) is 12.1 Å². The Morgan fingerprint density at radius 2 is 1.71 bits per heavy atom. The van der Waals surface area contributed by atoms with Crippen molar-refractivity contribution in [2.45, 2.75) is 13.2 Å². The average molecular weight is 229 g/mol. The lowest BCUT2D eigenvalue weighted by Crippen LogP contribution is -1.99. The molecule has 88 valence electrons. The third-order valence-electron chi connectivity index (χ3n) is 2.54. The summed E-state index contributed by atoms with van der Waals surface area (Å²) >= 11 is 0. The van der Waals surface area contributed by atoms with Crippen LogP contribution in [0.3, 0.4) is 0 Å². The Hall–Kier alpha value is -2.00. The van der Waals surface area contributed by atoms with Crippen molar-refractivity contribution in [2.24, 2.45) is 0 Å². The lowest BCUT2D eigenvalue weighted by atomic mass is 10.2. The number of hydrogen-bond donors (Lipinski definition) is 3. The Kier molecular flexibility index (Phi) is 3.62. The maximum atomic E-state index is 9.16. The SMILES string of the molecule is OCc1cccc(NCc2ccc(O)cc2)c1. The molecule has 2 aromatic rings. The Bertz CT molecular complexity index is 480. The van der Waals surface area contributed by atoms with Gasteiger partial charge in [-0.3, -0.25) is 0 Å². The highest BCUT2D eigenvalue weighted by molar-refractivity contribution is 5.46. The Morgan fingerprint density at radius 1 is 0.941 bits per heavy atom. The number of phenols is 1. The maximum absolute atomic E-state index is 9.16. The molecule has 0 saturated carbocycles. The van der Waals surface area contributed by atoms with Crippen LogP contribution in [-0.2, 0) is 13.2 Å². The second kappa shape index (κ2) is 5.37. The van der Waals surface area contributed by atoms with E-state index in [-0.39, 0.29) is 12.4 Å². The van der Waals surface area contributed by atoms with E-state index in [0.29, 0.717) is 6.54 Å². The number of hydrogen-bond acceptors (Lipinski definition) is 3. The predicted octanol–water partition coefficient (Wildman–Crippen LogP) is 2.50. The molecule has 0 saturated heterocycles. The largest absolute Gasteiger partial charge is 0.508 e. The standard InChI is InChI=1S/C14H15NO2/c16-10-12-2-1-3-13(8-12)15-9-11-4-6-14(17)7-5-11/h1-8,15-17H,9-10H2. The van der Waals surface area contributed by atoms with E-state index in [9.17, 15) is 0 Å². The second-order valence-corrected chi connectivity index (χ2v) is 3.88. The summed E-state index contributed by atoms with van der Waals surface area (Å²) in [4.78, 5) is 0. The number of benzene rings is 2. The number of aliphatic hydroxyl groups excluding tert-OH is 1. The van der Waals surface area contributed by atoms with E-state index < -0.39 is 0 Å². The Labute approximate surface area is 100 Å². The van der Waals surface area contributed by atoms with E-state index in [4.69, 9.17) is 10.2 Å². The molecule has 2 aromatic carbocycles. The van der Waals surface area contributed by atoms with Crippen molar-refractivity contribution in [1.82, 2.24) is 0 Å². The van der Waals surface area contributed by atoms with Crippen LogP contribution in [0.25, 0.3) is 0 Å². The fourth-order valence-corrected chi connectivity index (χ4v) is 1.60. The molecule has 0 aliphatic carbocycles. The van der Waals surface area contributed by atoms with Crippen LogP contribution in [0.2, 0.25) is 0 Å². The molecule has 0 atom stereocenters. The highest BCUT2D eigenvalue weighted by Crippen LogP contribution is 2.14. The molecule has 0 amide bonds. The first-order chi connectivity index (χ1) is 8.28. The molecule has 17 heavy (non-hydrogen) atoms. The quantitative estimate of drug-likeness (QED) is 0.755. The van der Waals surface area contributed by atoms with Gasteiger partial charge in [-0.05, 0) is 35.4 Å². The fraction of sp³-hybridized carbons (Fsp3) is 0.143. The first-order valence-electron chi connectivity index (χ1n) is 5.49. The number of aliphatic hydroxyl groups is 1. The van der Waals surface area contributed by atoms with Crippen LogP contribution in [0.1, 0.15) is 11.1 Å². The number of nitrogens with one attached hydrogen (secondary N) is 1. The van der Waals surface area contributed by atoms with Gasteiger partial charge in [-0.25, -0.2) is 0 Å². The third kappa shape index (κ3) is 3.23. The number of anilines is 1. The zero-order chi connectivity index (χ0) is 12.1. The number of aromatic hydroxyl groups is 1. The summed E-state index contributed by atoms with van der Waals surface area (Å²) in [6.07, 6.45) is 0. The first-order valence-corrected chi connectivity index (χ1v) is 5.49. The zero-order valence-electron chi connectivity index (χ0n) is 9.43. The van der Waals surface area contributed by atoms with Crippen LogP contribution in [0.5, 0.6) is 5.75 Å². The van der Waals surface area contributed by atoms with Gasteiger partial charge in [-0.1, -0.05) is 24.3 Å². The van der Waals surface area contributed by atoms with Gasteiger partial charge >= 0.3 is 0 Å². The average Bonchev–Trinajstić information content (AvgIpc) is 2.38. The maximum Gasteiger partial charge on any atom is 0.115 e. The van der Waals surface area contributed by atoms with Gasteiger partial charge in [0.15, 0.2) is 0 Å². The van der Waals surface area contributed by atoms with Crippen LogP contribution in [0, 0.1) is 0 Å². The lowest BCUT2D eigenvalue weighted by Gasteiger charge is -2.07. The number of rotatable bonds is 4. The monoisotopic (exact) mass is 229 g/mol. The molecule has 3 N–H and O–H groups in total. The fourth-order valence-electron chi connectivity index (χ4n) is 1.60. The van der Waals surface area contributed by atoms with E-state index in [2.05, 4.69) is 5.32 Å². The molecule has 3 nitrogen and oxygen atoms in total. The molecule has 0 aliphatic heterocycles. The highest BCUT2D eigenvalue weighted by atomic mass is 16.3. The molecule has 0 aromatic heterocycles. The second-order valence-electron chi connectivity index (χ2n) is 3.88. The van der Waals surface area contributed by atoms with Gasteiger partial charge in [0.2, 0.25) is 0 Å². The van der Waals surface area contributed by atoms with Crippen molar-refractivity contribution in [3.8, 4) is 5.75 Å². The predicted molar refractivity (Wildman–Crippen MR) is 67.8 cm³/mol. The van der Waals surface area contributed by atoms with Gasteiger partial charge in [-0.2, -0.15) is 0 Å². The van der Waals surface area contributed by atoms with E-state index >= 15 is 0 Å². The van der Waals surface area contributed by atoms with Gasteiger partial charge in [0.1, 0.15) is 5.75 Å². The molecule has 2 rings (SSSR count). The van der Waals surface area contributed by atoms with E-state index in [1.807, 2.05) is 36.4 Å². The summed E-state index contributed by atoms with van der Waals surface area (Å²) in [5.41, 5.74) is 2.96. The van der Waals surface area contributed by atoms with Crippen LogP contribution < -0.4 is 5.32 Å². The highest BCUT2D eigenvalue weighted by Gasteiger charge is 1.96. The van der Waals surface area contributed by atoms with Crippen LogP contribution in [0.4, 0.5) is 5.69 Å². The summed E-state index contributed by atoms with van der Waals surface area (Å²) < 4.78 is 0. The summed E-state index contributed by atoms with van der Waals surface area (Å²) in [5.74, 6) is 0.274. The minimum atomic E-state index is 0.0503. The molecule has 0 unspecified atom stereocenters. The van der Waals surface area contributed by atoms with Crippen molar-refractivity contribution in [3.63, 3.8) is 0 Å². The van der Waals surface area contributed by atoms with Crippen molar-refractivity contribution in [1.29, 1.82) is 0 Å². The van der Waals surface area contributed by atoms with Gasteiger partial charge in [-0.15, -0.1) is 0 Å². The minimum Gasteiger partial charge on any atom is -0.508 e. The molecule has 0 fully saturated rings. The molecule has 0 bridgehead atoms. The molecular weight excluding hydrogens is 214 g/mol. The molecule has 0 aliphatic rings. The lowest BCUT2D eigenvalue weighted by molar-refractivity contribution is 0.282. The summed E-state index contributed by atoms with van der Waals surface area (Å²) in [6, 6.07) is 14.7. The van der Waals surface area contributed by atoms with Crippen LogP contribution in [-0.4, -0.2) is 10.2 Å². The zero-order valence-corrected chi connectivity index (χ0v) is 9.43. The van der Waals surface area contributed by atoms with Gasteiger partial charge in [0.05, 0.1) is 6.61 Å². The summed E-state index contributed by atoms with van der Waals surface area (Å²) in [5, 5.41) is 21.4. The van der Waals surface area contributed by atoms with Crippen molar-refractivity contribution >= 4 is 5.69 Å². The molecule has 0 radical (unpaired) electrons. The summed E-state index contributed by atoms with van der Waals surface area (Å²) in [7, 11) is 0. The molecule has 3 heteroatoms. The van der Waals surface area contributed by atoms with Crippen molar-refractivity contribution in [2.75, 3.05) is 5.32 Å². The van der Waals surface area contributed by atoms with Crippen molar-refractivity contribution in [3.05, 3.63) is 59.7 Å². The topological polar surface area (TPSA) is 52.5 Å². The van der Waals surface area contributed by atoms with Crippen molar-refractivity contribution < 1.29 is 10.2 Å². The van der Waals surface area contributed by atoms with E-state index in [0.717, 1.165) is 16.8 Å². The summed E-state index contributed by atoms with van der Waals surface area (Å²) in [6.45, 7) is 0.740. The molecule has 0 heterocycles. The Morgan fingerprint density at radius 3 is 2.41 bits per heavy atom. The third-order valence-corrected chi connectivity index (χ3v) is 2.54. The minimum absolute atomic E-state index is 0.0503. The van der Waals surface area contributed by atoms with Gasteiger partial charge in [0, 0.05) is 12.2 Å². The van der Waals surface area contributed by atoms with Gasteiger partial charge < -0.3 is 15.5 Å². The molecular formula is C14H15NO2. The smallest absolute Gasteiger partial charge is 0.115 e. The Balaban J connectivity index is 1.99. The van der Waals surface area contributed by atoms with Crippen LogP contribution in [0.15, 0.2) is 48.5 Å². The van der Waals surface area contributed by atoms with Gasteiger partial charge in [0.25, 0.3) is 0 Å². The first kappa shape index (κ1) is 11.5. The normalized spacial score (nSPS) is 10.2. The molecule has 0 spiro atoms. The van der Waals surface area contributed by atoms with Crippen LogP contribution >= 0.6 is 0 Å².